The third-order valence-corrected chi connectivity index (χ3v) is 6.12. The number of aryl methyl sites for hydroxylation is 1. The van der Waals surface area contributed by atoms with Crippen molar-refractivity contribution < 1.29 is 13.2 Å². The van der Waals surface area contributed by atoms with Gasteiger partial charge < -0.3 is 10.6 Å². The summed E-state index contributed by atoms with van der Waals surface area (Å²) in [5, 5.41) is 6.04. The molecule has 0 aromatic heterocycles. The molecule has 138 valence electrons. The zero-order valence-corrected chi connectivity index (χ0v) is 15.6. The number of amides is 1. The van der Waals surface area contributed by atoms with Crippen LogP contribution in [-0.2, 0) is 14.8 Å². The number of nitrogens with one attached hydrogen (secondary N) is 3. The van der Waals surface area contributed by atoms with Crippen LogP contribution in [0.2, 0.25) is 0 Å². The van der Waals surface area contributed by atoms with E-state index in [2.05, 4.69) is 15.4 Å². The van der Waals surface area contributed by atoms with E-state index >= 15 is 0 Å². The maximum atomic E-state index is 12.5. The van der Waals surface area contributed by atoms with Gasteiger partial charge in [0.05, 0.1) is 10.6 Å². The van der Waals surface area contributed by atoms with Crippen molar-refractivity contribution in [2.45, 2.75) is 18.7 Å². The fourth-order valence-corrected chi connectivity index (χ4v) is 3.89. The average molecular weight is 373 g/mol. The van der Waals surface area contributed by atoms with Crippen LogP contribution in [0.4, 0.5) is 11.4 Å². The topological polar surface area (TPSA) is 87.3 Å². The number of rotatable bonds is 6. The third-order valence-electron chi connectivity index (χ3n) is 4.74. The molecule has 7 heteroatoms. The molecule has 1 heterocycles. The van der Waals surface area contributed by atoms with Crippen LogP contribution in [0.15, 0.2) is 53.4 Å². The number of benzene rings is 2. The molecule has 0 saturated carbocycles. The average Bonchev–Trinajstić information content (AvgIpc) is 2.57. The monoisotopic (exact) mass is 373 g/mol. The minimum absolute atomic E-state index is 0.0581. The summed E-state index contributed by atoms with van der Waals surface area (Å²) in [6.45, 7) is 5.43. The quantitative estimate of drug-likeness (QED) is 0.726. The Labute approximate surface area is 154 Å². The van der Waals surface area contributed by atoms with E-state index in [0.29, 0.717) is 17.3 Å². The fraction of sp³-hybridized carbons (Fsp3) is 0.316. The first-order valence-electron chi connectivity index (χ1n) is 8.57. The molecule has 1 aliphatic heterocycles. The summed E-state index contributed by atoms with van der Waals surface area (Å²) in [6, 6.07) is 13.4. The van der Waals surface area contributed by atoms with Gasteiger partial charge in [-0.05, 0) is 55.8 Å². The minimum atomic E-state index is -3.68. The summed E-state index contributed by atoms with van der Waals surface area (Å²) >= 11 is 0. The van der Waals surface area contributed by atoms with Gasteiger partial charge in [-0.3, -0.25) is 9.52 Å². The number of hydrogen-bond acceptors (Lipinski definition) is 4. The molecule has 2 aromatic carbocycles. The molecular weight excluding hydrogens is 350 g/mol. The first-order chi connectivity index (χ1) is 12.4. The minimum Gasteiger partial charge on any atom is -0.326 e. The van der Waals surface area contributed by atoms with Gasteiger partial charge in [-0.25, -0.2) is 8.42 Å². The van der Waals surface area contributed by atoms with Crippen LogP contribution < -0.4 is 15.4 Å². The van der Waals surface area contributed by atoms with E-state index in [1.54, 1.807) is 36.4 Å². The predicted molar refractivity (Wildman–Crippen MR) is 103 cm³/mol. The molecule has 0 spiro atoms. The lowest BCUT2D eigenvalue weighted by Crippen LogP contribution is -2.48. The van der Waals surface area contributed by atoms with E-state index in [1.165, 1.54) is 12.1 Å². The van der Waals surface area contributed by atoms with Gasteiger partial charge in [0.1, 0.15) is 0 Å². The molecule has 6 nitrogen and oxygen atoms in total. The van der Waals surface area contributed by atoms with Crippen molar-refractivity contribution in [1.29, 1.82) is 0 Å². The summed E-state index contributed by atoms with van der Waals surface area (Å²) in [5.74, 6) is 0.190. The Bertz CT molecular complexity index is 894. The highest BCUT2D eigenvalue weighted by atomic mass is 32.2. The van der Waals surface area contributed by atoms with E-state index in [4.69, 9.17) is 0 Å². The lowest BCUT2D eigenvalue weighted by atomic mass is 9.88. The molecule has 3 rings (SSSR count). The van der Waals surface area contributed by atoms with Crippen LogP contribution in [-0.4, -0.2) is 27.4 Å². The van der Waals surface area contributed by atoms with Gasteiger partial charge in [0.25, 0.3) is 10.0 Å². The second-order valence-electron chi connectivity index (χ2n) is 6.64. The predicted octanol–water partition coefficient (Wildman–Crippen LogP) is 2.59. The molecule has 1 unspecified atom stereocenters. The number of carbonyl (C=O) groups is 1. The van der Waals surface area contributed by atoms with E-state index in [0.717, 1.165) is 18.7 Å². The maximum Gasteiger partial charge on any atom is 0.261 e. The molecule has 0 radical (unpaired) electrons. The van der Waals surface area contributed by atoms with Crippen molar-refractivity contribution in [2.24, 2.45) is 11.8 Å². The second-order valence-corrected chi connectivity index (χ2v) is 8.33. The first-order valence-corrected chi connectivity index (χ1v) is 10.1. The van der Waals surface area contributed by atoms with Crippen molar-refractivity contribution in [3.63, 3.8) is 0 Å². The SMILES string of the molecule is Cc1ccc(NC(=O)C(C)C2CNC2)cc1NS(=O)(=O)c1ccccc1. The number of anilines is 2. The summed E-state index contributed by atoms with van der Waals surface area (Å²) in [4.78, 5) is 12.6. The smallest absolute Gasteiger partial charge is 0.261 e. The molecule has 1 amide bonds. The van der Waals surface area contributed by atoms with Gasteiger partial charge in [0, 0.05) is 11.6 Å². The van der Waals surface area contributed by atoms with Crippen molar-refractivity contribution in [2.75, 3.05) is 23.1 Å². The Morgan fingerprint density at radius 3 is 2.46 bits per heavy atom. The molecule has 2 aromatic rings. The van der Waals surface area contributed by atoms with Gasteiger partial charge in [0.15, 0.2) is 0 Å². The normalized spacial score (nSPS) is 15.8. The second kappa shape index (κ2) is 7.47. The van der Waals surface area contributed by atoms with Gasteiger partial charge in [-0.2, -0.15) is 0 Å². The zero-order chi connectivity index (χ0) is 18.7. The van der Waals surface area contributed by atoms with Gasteiger partial charge in [-0.15, -0.1) is 0 Å². The van der Waals surface area contributed by atoms with Crippen molar-refractivity contribution in [3.8, 4) is 0 Å². The molecule has 1 atom stereocenters. The highest BCUT2D eigenvalue weighted by Gasteiger charge is 2.28. The third kappa shape index (κ3) is 4.05. The molecule has 1 fully saturated rings. The summed E-state index contributed by atoms with van der Waals surface area (Å²) in [6.07, 6.45) is 0. The highest BCUT2D eigenvalue weighted by molar-refractivity contribution is 7.92. The Morgan fingerprint density at radius 2 is 1.85 bits per heavy atom. The maximum absolute atomic E-state index is 12.5. The van der Waals surface area contributed by atoms with Crippen molar-refractivity contribution in [3.05, 3.63) is 54.1 Å². The standard InChI is InChI=1S/C19H23N3O3S/c1-13-8-9-16(21-19(23)14(2)15-11-20-12-15)10-18(13)22-26(24,25)17-6-4-3-5-7-17/h3-10,14-15,20,22H,11-12H2,1-2H3,(H,21,23). The van der Waals surface area contributed by atoms with Crippen LogP contribution in [0.25, 0.3) is 0 Å². The van der Waals surface area contributed by atoms with Gasteiger partial charge >= 0.3 is 0 Å². The number of carbonyl (C=O) groups excluding carboxylic acids is 1. The lowest BCUT2D eigenvalue weighted by molar-refractivity contribution is -0.121. The van der Waals surface area contributed by atoms with Gasteiger partial charge in [0.2, 0.25) is 5.91 Å². The molecule has 26 heavy (non-hydrogen) atoms. The van der Waals surface area contributed by atoms with Crippen LogP contribution in [0.5, 0.6) is 0 Å². The largest absolute Gasteiger partial charge is 0.326 e. The Kier molecular flexibility index (Phi) is 5.29. The van der Waals surface area contributed by atoms with Gasteiger partial charge in [-0.1, -0.05) is 31.2 Å². The van der Waals surface area contributed by atoms with Crippen LogP contribution in [0.3, 0.4) is 0 Å². The fourth-order valence-electron chi connectivity index (χ4n) is 2.75. The van der Waals surface area contributed by atoms with E-state index in [9.17, 15) is 13.2 Å². The highest BCUT2D eigenvalue weighted by Crippen LogP contribution is 2.25. The van der Waals surface area contributed by atoms with Crippen molar-refractivity contribution >= 4 is 27.3 Å². The first kappa shape index (κ1) is 18.4. The molecule has 0 aliphatic carbocycles. The van der Waals surface area contributed by atoms with Crippen molar-refractivity contribution in [1.82, 2.24) is 5.32 Å². The summed E-state index contributed by atoms with van der Waals surface area (Å²) in [5.41, 5.74) is 1.80. The summed E-state index contributed by atoms with van der Waals surface area (Å²) in [7, 11) is -3.68. The Hall–Kier alpha value is -2.38. The Morgan fingerprint density at radius 1 is 1.15 bits per heavy atom. The van der Waals surface area contributed by atoms with Crippen LogP contribution >= 0.6 is 0 Å². The summed E-state index contributed by atoms with van der Waals surface area (Å²) < 4.78 is 27.7. The van der Waals surface area contributed by atoms with E-state index in [-0.39, 0.29) is 16.7 Å². The number of sulfonamides is 1. The molecular formula is C19H23N3O3S. The number of hydrogen-bond donors (Lipinski definition) is 3. The molecule has 3 N–H and O–H groups in total. The molecule has 1 saturated heterocycles. The van der Waals surface area contributed by atoms with E-state index < -0.39 is 10.0 Å². The Balaban J connectivity index is 1.76. The molecule has 1 aliphatic rings. The lowest BCUT2D eigenvalue weighted by Gasteiger charge is -2.31. The molecule has 0 bridgehead atoms. The van der Waals surface area contributed by atoms with Crippen LogP contribution in [0.1, 0.15) is 12.5 Å². The zero-order valence-electron chi connectivity index (χ0n) is 14.8. The van der Waals surface area contributed by atoms with Crippen LogP contribution in [0, 0.1) is 18.8 Å². The van der Waals surface area contributed by atoms with E-state index in [1.807, 2.05) is 13.8 Å².